The molecular formula is C13H14Cl2N4O. The number of amides is 1. The highest BCUT2D eigenvalue weighted by Crippen LogP contribution is 2.19. The van der Waals surface area contributed by atoms with E-state index in [9.17, 15) is 4.79 Å². The standard InChI is InChI=1S/C13H14Cl2N4O/c14-9-2-1-3-10(6-9)18-13(20)12(15)11(7-16)19-5-4-17-8-19/h1-3,6-7,16-17H,4-5,8H2,(H,18,20)/b12-11-,16-7?. The third kappa shape index (κ3) is 3.50. The number of carbonyl (C=O) groups is 1. The lowest BCUT2D eigenvalue weighted by atomic mass is 10.3. The number of allylic oxidation sites excluding steroid dienone is 1. The molecule has 0 aromatic heterocycles. The van der Waals surface area contributed by atoms with Gasteiger partial charge in [-0.3, -0.25) is 10.1 Å². The molecule has 1 aromatic rings. The van der Waals surface area contributed by atoms with Crippen LogP contribution in [0.2, 0.25) is 5.02 Å². The highest BCUT2D eigenvalue weighted by atomic mass is 35.5. The molecule has 2 rings (SSSR count). The van der Waals surface area contributed by atoms with Gasteiger partial charge in [-0.05, 0) is 18.2 Å². The first-order valence-electron chi connectivity index (χ1n) is 6.04. The van der Waals surface area contributed by atoms with E-state index in [1.807, 2.05) is 4.90 Å². The van der Waals surface area contributed by atoms with Gasteiger partial charge in [0, 0.05) is 30.0 Å². The molecule has 1 fully saturated rings. The van der Waals surface area contributed by atoms with Crippen molar-refractivity contribution in [3.63, 3.8) is 0 Å². The fraction of sp³-hybridized carbons (Fsp3) is 0.231. The van der Waals surface area contributed by atoms with Gasteiger partial charge in [-0.25, -0.2) is 0 Å². The van der Waals surface area contributed by atoms with Crippen LogP contribution in [0, 0.1) is 5.41 Å². The van der Waals surface area contributed by atoms with Gasteiger partial charge >= 0.3 is 0 Å². The van der Waals surface area contributed by atoms with Crippen molar-refractivity contribution < 1.29 is 4.79 Å². The summed E-state index contributed by atoms with van der Waals surface area (Å²) in [5.41, 5.74) is 0.959. The Hall–Kier alpha value is -1.56. The Morgan fingerprint density at radius 3 is 2.90 bits per heavy atom. The first kappa shape index (κ1) is 14.8. The quantitative estimate of drug-likeness (QED) is 0.590. The van der Waals surface area contributed by atoms with Gasteiger partial charge in [-0.15, -0.1) is 0 Å². The van der Waals surface area contributed by atoms with E-state index in [0.717, 1.165) is 12.8 Å². The van der Waals surface area contributed by atoms with E-state index in [-0.39, 0.29) is 5.03 Å². The molecule has 106 valence electrons. The van der Waals surface area contributed by atoms with E-state index in [1.165, 1.54) is 0 Å². The smallest absolute Gasteiger partial charge is 0.269 e. The first-order chi connectivity index (χ1) is 9.61. The van der Waals surface area contributed by atoms with Gasteiger partial charge < -0.3 is 15.6 Å². The maximum Gasteiger partial charge on any atom is 0.269 e. The van der Waals surface area contributed by atoms with Crippen LogP contribution in [0.15, 0.2) is 35.0 Å². The van der Waals surface area contributed by atoms with Crippen LogP contribution in [0.4, 0.5) is 5.69 Å². The van der Waals surface area contributed by atoms with Crippen molar-refractivity contribution in [1.29, 1.82) is 5.41 Å². The molecule has 0 atom stereocenters. The molecule has 1 aromatic carbocycles. The molecule has 0 radical (unpaired) electrons. The Labute approximate surface area is 127 Å². The van der Waals surface area contributed by atoms with E-state index in [2.05, 4.69) is 10.6 Å². The van der Waals surface area contributed by atoms with Gasteiger partial charge in [-0.1, -0.05) is 29.3 Å². The molecule has 5 nitrogen and oxygen atoms in total. The Balaban J connectivity index is 2.15. The fourth-order valence-electron chi connectivity index (χ4n) is 1.87. The van der Waals surface area contributed by atoms with Gasteiger partial charge in [0.25, 0.3) is 5.91 Å². The lowest BCUT2D eigenvalue weighted by molar-refractivity contribution is -0.112. The minimum atomic E-state index is -0.459. The number of halogens is 2. The van der Waals surface area contributed by atoms with E-state index in [0.29, 0.717) is 29.6 Å². The molecule has 0 unspecified atom stereocenters. The summed E-state index contributed by atoms with van der Waals surface area (Å²) >= 11 is 11.9. The first-order valence-corrected chi connectivity index (χ1v) is 6.80. The minimum absolute atomic E-state index is 0.0105. The van der Waals surface area contributed by atoms with Crippen molar-refractivity contribution in [2.45, 2.75) is 0 Å². The van der Waals surface area contributed by atoms with Crippen molar-refractivity contribution in [1.82, 2.24) is 10.2 Å². The Bertz CT molecular complexity index is 553. The summed E-state index contributed by atoms with van der Waals surface area (Å²) in [4.78, 5) is 13.9. The van der Waals surface area contributed by atoms with Crippen molar-refractivity contribution in [3.05, 3.63) is 40.0 Å². The number of anilines is 1. The average Bonchev–Trinajstić information content (AvgIpc) is 2.93. The van der Waals surface area contributed by atoms with Gasteiger partial charge in [0.05, 0.1) is 12.4 Å². The van der Waals surface area contributed by atoms with Gasteiger partial charge in [0.15, 0.2) is 0 Å². The highest BCUT2D eigenvalue weighted by Gasteiger charge is 2.20. The summed E-state index contributed by atoms with van der Waals surface area (Å²) in [6.45, 7) is 2.09. The topological polar surface area (TPSA) is 68.2 Å². The van der Waals surface area contributed by atoms with Crippen LogP contribution < -0.4 is 10.6 Å². The zero-order valence-corrected chi connectivity index (χ0v) is 12.1. The van der Waals surface area contributed by atoms with E-state index >= 15 is 0 Å². The second-order valence-corrected chi connectivity index (χ2v) is 5.04. The maximum atomic E-state index is 12.1. The summed E-state index contributed by atoms with van der Waals surface area (Å²) in [7, 11) is 0. The lowest BCUT2D eigenvalue weighted by Gasteiger charge is -2.18. The number of hydrogen-bond acceptors (Lipinski definition) is 4. The Morgan fingerprint density at radius 2 is 2.30 bits per heavy atom. The number of benzene rings is 1. The second kappa shape index (κ2) is 6.74. The third-order valence-corrected chi connectivity index (χ3v) is 3.45. The van der Waals surface area contributed by atoms with Gasteiger partial charge in [0.2, 0.25) is 0 Å². The summed E-state index contributed by atoms with van der Waals surface area (Å²) < 4.78 is 0. The summed E-state index contributed by atoms with van der Waals surface area (Å²) in [6.07, 6.45) is 1.09. The molecule has 1 aliphatic rings. The predicted octanol–water partition coefficient (Wildman–Crippen LogP) is 2.24. The lowest BCUT2D eigenvalue weighted by Crippen LogP contribution is -2.26. The van der Waals surface area contributed by atoms with Crippen LogP contribution in [0.25, 0.3) is 0 Å². The third-order valence-electron chi connectivity index (χ3n) is 2.85. The molecule has 0 saturated carbocycles. The van der Waals surface area contributed by atoms with Gasteiger partial charge in [-0.2, -0.15) is 0 Å². The highest BCUT2D eigenvalue weighted by molar-refractivity contribution is 6.45. The SMILES string of the molecule is N=C/C(=C(/Cl)C(=O)Nc1cccc(Cl)c1)N1CCNC1. The maximum absolute atomic E-state index is 12.1. The normalized spacial score (nSPS) is 15.8. The predicted molar refractivity (Wildman–Crippen MR) is 81.3 cm³/mol. The van der Waals surface area contributed by atoms with Crippen LogP contribution >= 0.6 is 23.2 Å². The Morgan fingerprint density at radius 1 is 1.50 bits per heavy atom. The number of nitrogens with one attached hydrogen (secondary N) is 3. The number of rotatable bonds is 4. The monoisotopic (exact) mass is 312 g/mol. The zero-order valence-electron chi connectivity index (χ0n) is 10.6. The van der Waals surface area contributed by atoms with E-state index in [1.54, 1.807) is 24.3 Å². The average molecular weight is 313 g/mol. The van der Waals surface area contributed by atoms with Crippen molar-refractivity contribution in [2.75, 3.05) is 25.1 Å². The van der Waals surface area contributed by atoms with Crippen molar-refractivity contribution in [3.8, 4) is 0 Å². The summed E-state index contributed by atoms with van der Waals surface area (Å²) in [5, 5.41) is 13.7. The van der Waals surface area contributed by atoms with Crippen molar-refractivity contribution >= 4 is 41.0 Å². The van der Waals surface area contributed by atoms with Crippen LogP contribution in [0.5, 0.6) is 0 Å². The number of hydrogen-bond donors (Lipinski definition) is 3. The molecule has 3 N–H and O–H groups in total. The fourth-order valence-corrected chi connectivity index (χ4v) is 2.29. The largest absolute Gasteiger partial charge is 0.355 e. The van der Waals surface area contributed by atoms with Gasteiger partial charge in [0.1, 0.15) is 5.03 Å². The number of carbonyl (C=O) groups excluding carboxylic acids is 1. The molecule has 7 heteroatoms. The van der Waals surface area contributed by atoms with Crippen LogP contribution in [0.3, 0.4) is 0 Å². The molecule has 0 spiro atoms. The van der Waals surface area contributed by atoms with Crippen molar-refractivity contribution in [2.24, 2.45) is 0 Å². The summed E-state index contributed by atoms with van der Waals surface area (Å²) in [5.74, 6) is -0.459. The second-order valence-electron chi connectivity index (χ2n) is 4.23. The minimum Gasteiger partial charge on any atom is -0.355 e. The van der Waals surface area contributed by atoms with Crippen LogP contribution in [-0.2, 0) is 4.79 Å². The molecular weight excluding hydrogens is 299 g/mol. The molecule has 1 amide bonds. The Kier molecular flexibility index (Phi) is 5.00. The molecule has 1 aliphatic heterocycles. The number of nitrogens with zero attached hydrogens (tertiary/aromatic N) is 1. The molecule has 1 heterocycles. The van der Waals surface area contributed by atoms with Crippen LogP contribution in [0.1, 0.15) is 0 Å². The molecule has 0 bridgehead atoms. The zero-order chi connectivity index (χ0) is 14.5. The van der Waals surface area contributed by atoms with E-state index in [4.69, 9.17) is 28.6 Å². The van der Waals surface area contributed by atoms with Crippen LogP contribution in [-0.4, -0.2) is 36.8 Å². The molecule has 20 heavy (non-hydrogen) atoms. The van der Waals surface area contributed by atoms with E-state index < -0.39 is 5.91 Å². The summed E-state index contributed by atoms with van der Waals surface area (Å²) in [6, 6.07) is 6.80. The molecule has 0 aliphatic carbocycles. The molecule has 1 saturated heterocycles.